The first-order valence-electron chi connectivity index (χ1n) is 6.79. The molecule has 0 saturated carbocycles. The van der Waals surface area contributed by atoms with Gasteiger partial charge in [-0.2, -0.15) is 0 Å². The molecule has 1 N–H and O–H groups in total. The molecule has 0 aliphatic carbocycles. The number of amides is 1. The van der Waals surface area contributed by atoms with E-state index in [1.54, 1.807) is 4.90 Å². The molecule has 7 nitrogen and oxygen atoms in total. The Labute approximate surface area is 129 Å². The van der Waals surface area contributed by atoms with E-state index in [9.17, 15) is 14.8 Å². The predicted octanol–water partition coefficient (Wildman–Crippen LogP) is 1.79. The number of aliphatic hydroxyl groups excluding tert-OH is 1. The van der Waals surface area contributed by atoms with Crippen molar-refractivity contribution >= 4 is 21.8 Å². The second-order valence-electron chi connectivity index (χ2n) is 5.34. The van der Waals surface area contributed by atoms with Crippen LogP contribution in [0.3, 0.4) is 0 Å². The summed E-state index contributed by atoms with van der Waals surface area (Å²) in [4.78, 5) is 23.7. The Bertz CT molecular complexity index is 527. The Balaban J connectivity index is 1.83. The summed E-state index contributed by atoms with van der Waals surface area (Å²) in [6.07, 6.45) is 2.35. The van der Waals surface area contributed by atoms with Crippen LogP contribution in [0.1, 0.15) is 12.8 Å². The van der Waals surface area contributed by atoms with E-state index in [4.69, 9.17) is 9.47 Å². The molecule has 0 bridgehead atoms. The number of hydrogen-bond acceptors (Lipinski definition) is 6. The van der Waals surface area contributed by atoms with Gasteiger partial charge in [0.05, 0.1) is 10.1 Å². The van der Waals surface area contributed by atoms with E-state index >= 15 is 0 Å². The lowest BCUT2D eigenvalue weighted by molar-refractivity contribution is -0.114. The van der Waals surface area contributed by atoms with Crippen molar-refractivity contribution in [3.63, 3.8) is 0 Å². The first-order valence-corrected chi connectivity index (χ1v) is 7.59. The number of nitroso groups, excluding NO2 is 1. The molecular formula is C13H15BrN2O5. The molecule has 0 aromatic heterocycles. The summed E-state index contributed by atoms with van der Waals surface area (Å²) in [5.74, 6) is -0.481. The highest BCUT2D eigenvalue weighted by Crippen LogP contribution is 2.42. The smallest absolute Gasteiger partial charge is 0.316 e. The third kappa shape index (κ3) is 2.88. The van der Waals surface area contributed by atoms with Gasteiger partial charge in [-0.15, -0.1) is 4.91 Å². The van der Waals surface area contributed by atoms with Crippen LogP contribution in [0.15, 0.2) is 27.3 Å². The fourth-order valence-electron chi connectivity index (χ4n) is 2.68. The van der Waals surface area contributed by atoms with Gasteiger partial charge in [-0.25, -0.2) is 0 Å². The number of epoxide rings is 1. The largest absolute Gasteiger partial charge is 0.494 e. The first-order chi connectivity index (χ1) is 10.1. The molecule has 0 spiro atoms. The molecule has 1 amide bonds. The van der Waals surface area contributed by atoms with Gasteiger partial charge in [0.1, 0.15) is 12.2 Å². The number of ether oxygens (including phenoxy) is 2. The van der Waals surface area contributed by atoms with Gasteiger partial charge in [-0.1, -0.05) is 0 Å². The summed E-state index contributed by atoms with van der Waals surface area (Å²) >= 11 is 3.30. The third-order valence-corrected chi connectivity index (χ3v) is 4.76. The van der Waals surface area contributed by atoms with Crippen LogP contribution in [-0.4, -0.2) is 47.9 Å². The number of halogens is 1. The SMILES string of the molecule is O=NC(=O)C1=CN(CC2CCOCC2)C(O)=C(Br)C2OC12. The molecule has 0 radical (unpaired) electrons. The topological polar surface area (TPSA) is 91.7 Å². The van der Waals surface area contributed by atoms with Crippen LogP contribution in [0.25, 0.3) is 0 Å². The molecule has 3 heterocycles. The van der Waals surface area contributed by atoms with Crippen LogP contribution in [0.5, 0.6) is 0 Å². The Kier molecular flexibility index (Phi) is 4.10. The summed E-state index contributed by atoms with van der Waals surface area (Å²) in [6, 6.07) is 0. The van der Waals surface area contributed by atoms with Gasteiger partial charge in [0.25, 0.3) is 0 Å². The minimum atomic E-state index is -0.852. The van der Waals surface area contributed by atoms with Crippen molar-refractivity contribution in [2.75, 3.05) is 19.8 Å². The quantitative estimate of drug-likeness (QED) is 0.610. The van der Waals surface area contributed by atoms with Crippen LogP contribution < -0.4 is 0 Å². The summed E-state index contributed by atoms with van der Waals surface area (Å²) in [5, 5.41) is 12.8. The minimum Gasteiger partial charge on any atom is -0.494 e. The Morgan fingerprint density at radius 3 is 2.81 bits per heavy atom. The number of aliphatic hydroxyl groups is 1. The van der Waals surface area contributed by atoms with E-state index in [-0.39, 0.29) is 11.5 Å². The lowest BCUT2D eigenvalue weighted by Gasteiger charge is -2.28. The van der Waals surface area contributed by atoms with Crippen LogP contribution >= 0.6 is 15.9 Å². The van der Waals surface area contributed by atoms with Crippen molar-refractivity contribution in [3.8, 4) is 0 Å². The average molecular weight is 359 g/mol. The minimum absolute atomic E-state index is 0.0164. The van der Waals surface area contributed by atoms with Crippen molar-refractivity contribution in [1.29, 1.82) is 0 Å². The van der Waals surface area contributed by atoms with Crippen LogP contribution in [0.2, 0.25) is 0 Å². The van der Waals surface area contributed by atoms with Crippen LogP contribution in [-0.2, 0) is 14.3 Å². The van der Waals surface area contributed by atoms with Gasteiger partial charge in [0.15, 0.2) is 0 Å². The predicted molar refractivity (Wildman–Crippen MR) is 76.4 cm³/mol. The maximum absolute atomic E-state index is 11.6. The van der Waals surface area contributed by atoms with E-state index < -0.39 is 18.1 Å². The standard InChI is InChI=1S/C13H15BrN2O5/c14-9-11-10(21-11)8(12(17)15-19)6-16(13(9)18)5-7-1-3-20-4-2-7/h6-7,10-11,18H,1-5H2. The normalized spacial score (nSPS) is 29.6. The fraction of sp³-hybridized carbons (Fsp3) is 0.615. The van der Waals surface area contributed by atoms with Crippen molar-refractivity contribution in [2.24, 2.45) is 11.1 Å². The third-order valence-electron chi connectivity index (χ3n) is 3.95. The van der Waals surface area contributed by atoms with E-state index in [0.717, 1.165) is 12.8 Å². The van der Waals surface area contributed by atoms with Crippen molar-refractivity contribution in [2.45, 2.75) is 25.0 Å². The fourth-order valence-corrected chi connectivity index (χ4v) is 3.26. The Morgan fingerprint density at radius 2 is 2.14 bits per heavy atom. The average Bonchev–Trinajstić information content (AvgIpc) is 3.30. The summed E-state index contributed by atoms with van der Waals surface area (Å²) in [5.41, 5.74) is 0.183. The van der Waals surface area contributed by atoms with E-state index in [2.05, 4.69) is 21.1 Å². The maximum atomic E-state index is 11.6. The number of carbonyl (C=O) groups excluding carboxylic acids is 1. The van der Waals surface area contributed by atoms with Gasteiger partial charge < -0.3 is 19.5 Å². The molecule has 2 fully saturated rings. The zero-order valence-electron chi connectivity index (χ0n) is 11.2. The van der Waals surface area contributed by atoms with E-state index in [1.807, 2.05) is 0 Å². The molecular weight excluding hydrogens is 344 g/mol. The maximum Gasteiger partial charge on any atom is 0.316 e. The van der Waals surface area contributed by atoms with Gasteiger partial charge in [-0.05, 0) is 34.7 Å². The second-order valence-corrected chi connectivity index (χ2v) is 6.19. The summed E-state index contributed by atoms with van der Waals surface area (Å²) in [7, 11) is 0. The lowest BCUT2D eigenvalue weighted by Crippen LogP contribution is -2.29. The molecule has 8 heteroatoms. The zero-order chi connectivity index (χ0) is 15.0. The zero-order valence-corrected chi connectivity index (χ0v) is 12.8. The Morgan fingerprint density at radius 1 is 1.43 bits per heavy atom. The highest BCUT2D eigenvalue weighted by Gasteiger charge is 2.50. The van der Waals surface area contributed by atoms with Crippen LogP contribution in [0, 0.1) is 10.8 Å². The monoisotopic (exact) mass is 358 g/mol. The number of nitrogens with zero attached hydrogens (tertiary/aromatic N) is 2. The second kappa shape index (κ2) is 5.86. The van der Waals surface area contributed by atoms with E-state index in [0.29, 0.717) is 30.2 Å². The number of carbonyl (C=O) groups is 1. The molecule has 0 aromatic carbocycles. The lowest BCUT2D eigenvalue weighted by atomic mass is 10.00. The summed E-state index contributed by atoms with van der Waals surface area (Å²) < 4.78 is 11.1. The van der Waals surface area contributed by atoms with E-state index in [1.165, 1.54) is 6.20 Å². The van der Waals surface area contributed by atoms with Crippen molar-refractivity contribution in [1.82, 2.24) is 4.90 Å². The molecule has 2 atom stereocenters. The molecule has 3 rings (SSSR count). The highest BCUT2D eigenvalue weighted by molar-refractivity contribution is 9.11. The number of rotatable bonds is 3. The molecule has 114 valence electrons. The van der Waals surface area contributed by atoms with Crippen LogP contribution in [0.4, 0.5) is 0 Å². The first kappa shape index (κ1) is 14.7. The van der Waals surface area contributed by atoms with Gasteiger partial charge >= 0.3 is 5.91 Å². The molecule has 21 heavy (non-hydrogen) atoms. The Hall–Kier alpha value is -1.25. The summed E-state index contributed by atoms with van der Waals surface area (Å²) in [6.45, 7) is 1.95. The van der Waals surface area contributed by atoms with Gasteiger partial charge in [0, 0.05) is 31.1 Å². The molecule has 3 aliphatic rings. The number of fused-ring (bicyclic) bond motifs is 1. The van der Waals surface area contributed by atoms with Crippen molar-refractivity contribution < 1.29 is 19.4 Å². The molecule has 2 unspecified atom stereocenters. The van der Waals surface area contributed by atoms with Crippen molar-refractivity contribution in [3.05, 3.63) is 27.0 Å². The van der Waals surface area contributed by atoms with Gasteiger partial charge in [0.2, 0.25) is 5.88 Å². The highest BCUT2D eigenvalue weighted by atomic mass is 79.9. The van der Waals surface area contributed by atoms with Gasteiger partial charge in [-0.3, -0.25) is 4.79 Å². The molecule has 0 aromatic rings. The number of hydrogen-bond donors (Lipinski definition) is 1. The molecule has 3 aliphatic heterocycles. The molecule has 2 saturated heterocycles.